The monoisotopic (exact) mass is 662 g/mol. The van der Waals surface area contributed by atoms with Gasteiger partial charge in [0, 0.05) is 27.7 Å². The highest BCUT2D eigenvalue weighted by Gasteiger charge is 2.41. The number of hydrogen-bond donors (Lipinski definition) is 4. The van der Waals surface area contributed by atoms with E-state index in [0.29, 0.717) is 21.8 Å². The molecule has 0 spiro atoms. The number of hydrazone groups is 2. The van der Waals surface area contributed by atoms with Crippen LogP contribution in [0.5, 0.6) is 0 Å². The smallest absolute Gasteiger partial charge is 0.303 e. The lowest BCUT2D eigenvalue weighted by Gasteiger charge is -2.31. The molecule has 0 amide bonds. The lowest BCUT2D eigenvalue weighted by molar-refractivity contribution is -0.183. The molecule has 2 aromatic carbocycles. The van der Waals surface area contributed by atoms with E-state index in [1.54, 1.807) is 48.5 Å². The second kappa shape index (κ2) is 15.7. The van der Waals surface area contributed by atoms with Gasteiger partial charge in [0.2, 0.25) is 11.9 Å². The van der Waals surface area contributed by atoms with Gasteiger partial charge < -0.3 is 18.9 Å². The van der Waals surface area contributed by atoms with E-state index >= 15 is 0 Å². The minimum absolute atomic E-state index is 0.0731. The Morgan fingerprint density at radius 1 is 0.750 bits per heavy atom. The molecule has 4 aromatic rings. The zero-order chi connectivity index (χ0) is 34.8. The highest BCUT2D eigenvalue weighted by molar-refractivity contribution is 6.33. The number of aromatic nitrogens is 4. The minimum Gasteiger partial charge on any atom is -0.462 e. The molecule has 0 aliphatic carbocycles. The Kier molecular flexibility index (Phi) is 11.3. The SMILES string of the molecule is CC(=O)OCC(OC(C)=O)C(OC(C)=O)C(OC(C)=O)C(/C=N/Nc1nc2ccccc2c(=O)[nH]1)=N/Nc1nc2ccccc2c(=O)[nH]1. The standard InChI is InChI=1S/C30H30N8O10/c1-15(39)45-14-24(46-16(2)40)26(48-18(4)42)25(47-17(3)41)23(36-38-30-33-22-12-8-6-10-20(22)28(44)35-30)13-31-37-29-32-21-11-7-5-9-19(21)27(43)34-29/h5-13,24-26H,14H2,1-4H3,(H2,32,34,37,43)(H2,33,35,38,44)/b31-13+,36-23+. The van der Waals surface area contributed by atoms with Crippen molar-refractivity contribution in [3.63, 3.8) is 0 Å². The summed E-state index contributed by atoms with van der Waals surface area (Å²) >= 11 is 0. The van der Waals surface area contributed by atoms with Gasteiger partial charge in [-0.15, -0.1) is 0 Å². The van der Waals surface area contributed by atoms with Crippen molar-refractivity contribution in [2.45, 2.75) is 46.0 Å². The van der Waals surface area contributed by atoms with Crippen molar-refractivity contribution < 1.29 is 38.1 Å². The summed E-state index contributed by atoms with van der Waals surface area (Å²) in [5.74, 6) is -3.59. The van der Waals surface area contributed by atoms with E-state index in [9.17, 15) is 28.8 Å². The van der Waals surface area contributed by atoms with Crippen LogP contribution in [0.15, 0.2) is 68.3 Å². The Bertz CT molecular complexity index is 2020. The molecule has 3 atom stereocenters. The molecular weight excluding hydrogens is 632 g/mol. The van der Waals surface area contributed by atoms with E-state index in [4.69, 9.17) is 18.9 Å². The van der Waals surface area contributed by atoms with Crippen molar-refractivity contribution in [1.82, 2.24) is 19.9 Å². The highest BCUT2D eigenvalue weighted by atomic mass is 16.6. The zero-order valence-corrected chi connectivity index (χ0v) is 26.0. The number of ether oxygens (including phenoxy) is 4. The van der Waals surface area contributed by atoms with E-state index in [-0.39, 0.29) is 17.6 Å². The van der Waals surface area contributed by atoms with Crippen LogP contribution in [-0.4, -0.2) is 80.7 Å². The van der Waals surface area contributed by atoms with E-state index in [2.05, 4.69) is 41.0 Å². The van der Waals surface area contributed by atoms with Gasteiger partial charge in [0.15, 0.2) is 18.3 Å². The van der Waals surface area contributed by atoms with Crippen molar-refractivity contribution in [3.05, 3.63) is 69.2 Å². The van der Waals surface area contributed by atoms with E-state index < -0.39 is 59.9 Å². The summed E-state index contributed by atoms with van der Waals surface area (Å²) in [5, 5.41) is 8.91. The van der Waals surface area contributed by atoms with Crippen LogP contribution in [0.4, 0.5) is 11.9 Å². The molecule has 0 aliphatic rings. The predicted octanol–water partition coefficient (Wildman–Crippen LogP) is 1.38. The molecule has 3 unspecified atom stereocenters. The number of para-hydroxylation sites is 2. The first-order chi connectivity index (χ1) is 22.9. The largest absolute Gasteiger partial charge is 0.462 e. The normalized spacial score (nSPS) is 13.4. The van der Waals surface area contributed by atoms with Crippen LogP contribution in [0.1, 0.15) is 27.7 Å². The van der Waals surface area contributed by atoms with Gasteiger partial charge in [0.25, 0.3) is 11.1 Å². The fourth-order valence-electron chi connectivity index (χ4n) is 4.33. The molecule has 0 fully saturated rings. The Hall–Kier alpha value is -6.46. The molecule has 18 heteroatoms. The Balaban J connectivity index is 1.81. The fourth-order valence-corrected chi connectivity index (χ4v) is 4.33. The summed E-state index contributed by atoms with van der Waals surface area (Å²) in [7, 11) is 0. The average Bonchev–Trinajstić information content (AvgIpc) is 3.02. The number of hydrogen-bond acceptors (Lipinski definition) is 16. The van der Waals surface area contributed by atoms with Gasteiger partial charge in [-0.05, 0) is 24.3 Å². The van der Waals surface area contributed by atoms with Crippen molar-refractivity contribution >= 4 is 69.5 Å². The summed E-state index contributed by atoms with van der Waals surface area (Å²) in [4.78, 5) is 87.1. The summed E-state index contributed by atoms with van der Waals surface area (Å²) in [5.41, 5.74) is 4.54. The predicted molar refractivity (Wildman–Crippen MR) is 171 cm³/mol. The summed E-state index contributed by atoms with van der Waals surface area (Å²) in [6, 6.07) is 13.1. The molecule has 4 rings (SSSR count). The highest BCUT2D eigenvalue weighted by Crippen LogP contribution is 2.18. The lowest BCUT2D eigenvalue weighted by atomic mass is 10.0. The third-order valence-corrected chi connectivity index (χ3v) is 6.20. The molecule has 2 aromatic heterocycles. The van der Waals surface area contributed by atoms with E-state index in [1.807, 2.05) is 0 Å². The summed E-state index contributed by atoms with van der Waals surface area (Å²) in [6.07, 6.45) is -3.85. The Morgan fingerprint density at radius 2 is 1.27 bits per heavy atom. The topological polar surface area (TPSA) is 245 Å². The minimum atomic E-state index is -1.69. The van der Waals surface area contributed by atoms with Gasteiger partial charge in [-0.1, -0.05) is 24.3 Å². The molecule has 0 saturated heterocycles. The van der Waals surface area contributed by atoms with E-state index in [1.165, 1.54) is 0 Å². The first-order valence-electron chi connectivity index (χ1n) is 14.2. The third-order valence-electron chi connectivity index (χ3n) is 6.20. The molecule has 18 nitrogen and oxygen atoms in total. The number of nitrogens with one attached hydrogen (secondary N) is 4. The van der Waals surface area contributed by atoms with Crippen LogP contribution in [-0.2, 0) is 38.1 Å². The number of carbonyl (C=O) groups is 4. The molecule has 250 valence electrons. The first kappa shape index (κ1) is 34.4. The molecular formula is C30H30N8O10. The quantitative estimate of drug-likeness (QED) is 0.0684. The van der Waals surface area contributed by atoms with Crippen LogP contribution < -0.4 is 22.0 Å². The van der Waals surface area contributed by atoms with Gasteiger partial charge in [-0.25, -0.2) is 20.8 Å². The fraction of sp³-hybridized carbons (Fsp3) is 0.267. The number of esters is 4. The third kappa shape index (κ3) is 9.28. The van der Waals surface area contributed by atoms with Crippen LogP contribution in [0.25, 0.3) is 21.8 Å². The number of carbonyl (C=O) groups excluding carboxylic acids is 4. The van der Waals surface area contributed by atoms with Gasteiger partial charge in [0.1, 0.15) is 12.3 Å². The number of aromatic amines is 2. The van der Waals surface area contributed by atoms with Crippen molar-refractivity contribution in [1.29, 1.82) is 0 Å². The summed E-state index contributed by atoms with van der Waals surface area (Å²) in [6.45, 7) is 3.66. The summed E-state index contributed by atoms with van der Waals surface area (Å²) < 4.78 is 21.3. The molecule has 0 saturated carbocycles. The number of anilines is 2. The molecule has 48 heavy (non-hydrogen) atoms. The molecule has 0 aliphatic heterocycles. The maximum atomic E-state index is 12.6. The molecule has 4 N–H and O–H groups in total. The van der Waals surface area contributed by atoms with Gasteiger partial charge in [-0.2, -0.15) is 10.2 Å². The van der Waals surface area contributed by atoms with Gasteiger partial charge in [-0.3, -0.25) is 38.7 Å². The number of fused-ring (bicyclic) bond motifs is 2. The van der Waals surface area contributed by atoms with Gasteiger partial charge >= 0.3 is 23.9 Å². The number of nitrogens with zero attached hydrogens (tertiary/aromatic N) is 4. The maximum Gasteiger partial charge on any atom is 0.303 e. The number of H-pyrrole nitrogens is 2. The number of rotatable bonds is 13. The molecule has 0 radical (unpaired) electrons. The van der Waals surface area contributed by atoms with Crippen molar-refractivity contribution in [3.8, 4) is 0 Å². The maximum absolute atomic E-state index is 12.6. The molecule has 2 heterocycles. The molecule has 0 bridgehead atoms. The Labute approximate surface area is 270 Å². The number of benzene rings is 2. The van der Waals surface area contributed by atoms with Crippen molar-refractivity contribution in [2.75, 3.05) is 17.5 Å². The Morgan fingerprint density at radius 3 is 1.79 bits per heavy atom. The van der Waals surface area contributed by atoms with Crippen LogP contribution in [0, 0.1) is 0 Å². The van der Waals surface area contributed by atoms with Crippen LogP contribution >= 0.6 is 0 Å². The average molecular weight is 663 g/mol. The second-order valence-electron chi connectivity index (χ2n) is 9.94. The first-order valence-corrected chi connectivity index (χ1v) is 14.2. The zero-order valence-electron chi connectivity index (χ0n) is 26.0. The second-order valence-corrected chi connectivity index (χ2v) is 9.94. The van der Waals surface area contributed by atoms with Crippen LogP contribution in [0.2, 0.25) is 0 Å². The van der Waals surface area contributed by atoms with Gasteiger partial charge in [0.05, 0.1) is 28.0 Å². The van der Waals surface area contributed by atoms with Crippen LogP contribution in [0.3, 0.4) is 0 Å². The van der Waals surface area contributed by atoms with Crippen molar-refractivity contribution in [2.24, 2.45) is 10.2 Å². The van der Waals surface area contributed by atoms with E-state index in [0.717, 1.165) is 33.9 Å². The lowest BCUT2D eigenvalue weighted by Crippen LogP contribution is -2.51.